The number of anilines is 3. The largest absolute Gasteiger partial charge is 0.455 e. The molecule has 2 atom stereocenters. The van der Waals surface area contributed by atoms with E-state index in [9.17, 15) is 0 Å². The van der Waals surface area contributed by atoms with Crippen LogP contribution in [-0.2, 0) is 5.41 Å². The van der Waals surface area contributed by atoms with Gasteiger partial charge in [-0.2, -0.15) is 0 Å². The number of hydrogen-bond donors (Lipinski definition) is 0. The molecule has 2 fully saturated rings. The van der Waals surface area contributed by atoms with Crippen LogP contribution in [0.2, 0.25) is 0 Å². The van der Waals surface area contributed by atoms with E-state index in [-0.39, 0.29) is 5.41 Å². The van der Waals surface area contributed by atoms with Crippen molar-refractivity contribution in [2.75, 3.05) is 4.90 Å². The molecule has 0 saturated heterocycles. The van der Waals surface area contributed by atoms with E-state index in [1.54, 1.807) is 0 Å². The highest BCUT2D eigenvalue weighted by molar-refractivity contribution is 6.18. The van der Waals surface area contributed by atoms with Crippen molar-refractivity contribution in [3.05, 3.63) is 206 Å². The van der Waals surface area contributed by atoms with Crippen molar-refractivity contribution < 1.29 is 4.42 Å². The van der Waals surface area contributed by atoms with Crippen molar-refractivity contribution in [3.8, 4) is 27.9 Å². The van der Waals surface area contributed by atoms with E-state index in [0.29, 0.717) is 0 Å². The quantitative estimate of drug-likeness (QED) is 0.159. The van der Waals surface area contributed by atoms with E-state index < -0.39 is 0 Å². The first-order valence-corrected chi connectivity index (χ1v) is 24.0. The van der Waals surface area contributed by atoms with E-state index in [2.05, 4.69) is 217 Å². The van der Waals surface area contributed by atoms with Gasteiger partial charge in [-0.3, -0.25) is 0 Å². The summed E-state index contributed by atoms with van der Waals surface area (Å²) in [6.45, 7) is 4.98. The second-order valence-electron chi connectivity index (χ2n) is 19.8. The first kappa shape index (κ1) is 39.0. The molecule has 3 nitrogen and oxygen atoms in total. The van der Waals surface area contributed by atoms with Crippen LogP contribution in [-0.4, -0.2) is 4.57 Å². The number of benzene rings is 9. The third kappa shape index (κ3) is 6.39. The molecule has 2 aliphatic carbocycles. The first-order chi connectivity index (χ1) is 32.5. The molecule has 66 heavy (non-hydrogen) atoms. The summed E-state index contributed by atoms with van der Waals surface area (Å²) in [6.07, 6.45) is 6.61. The number of aromatic nitrogens is 1. The molecule has 2 bridgehead atoms. The van der Waals surface area contributed by atoms with Crippen LogP contribution in [0, 0.1) is 17.8 Å². The van der Waals surface area contributed by atoms with Crippen molar-refractivity contribution in [2.45, 2.75) is 51.4 Å². The van der Waals surface area contributed by atoms with Crippen molar-refractivity contribution in [2.24, 2.45) is 17.8 Å². The third-order valence-corrected chi connectivity index (χ3v) is 15.3. The van der Waals surface area contributed by atoms with Gasteiger partial charge in [-0.05, 0) is 144 Å². The Balaban J connectivity index is 0.909. The zero-order valence-corrected chi connectivity index (χ0v) is 37.6. The van der Waals surface area contributed by atoms with Gasteiger partial charge in [0.1, 0.15) is 11.2 Å². The summed E-state index contributed by atoms with van der Waals surface area (Å²) in [5.74, 6) is 2.32. The monoisotopic (exact) mass is 852 g/mol. The number of nitrogens with zero attached hydrogens (tertiary/aromatic N) is 2. The van der Waals surface area contributed by atoms with Crippen LogP contribution in [0.15, 0.2) is 205 Å². The highest BCUT2D eigenvalue weighted by Crippen LogP contribution is 2.55. The van der Waals surface area contributed by atoms with Crippen LogP contribution in [0.3, 0.4) is 0 Å². The molecule has 2 saturated carbocycles. The maximum atomic E-state index is 6.49. The summed E-state index contributed by atoms with van der Waals surface area (Å²) in [5.41, 5.74) is 15.3. The molecule has 2 aliphatic rings. The van der Waals surface area contributed by atoms with Crippen LogP contribution in [0.1, 0.15) is 51.5 Å². The van der Waals surface area contributed by atoms with Crippen LogP contribution >= 0.6 is 0 Å². The average molecular weight is 853 g/mol. The van der Waals surface area contributed by atoms with E-state index in [1.807, 2.05) is 6.07 Å². The van der Waals surface area contributed by atoms with Gasteiger partial charge >= 0.3 is 0 Å². The fraction of sp³-hybridized carbons (Fsp3) is 0.175. The van der Waals surface area contributed by atoms with Gasteiger partial charge in [-0.1, -0.05) is 153 Å². The van der Waals surface area contributed by atoms with Crippen molar-refractivity contribution in [3.63, 3.8) is 0 Å². The molecule has 2 heterocycles. The molecular weight excluding hydrogens is 801 g/mol. The van der Waals surface area contributed by atoms with E-state index in [1.165, 1.54) is 87.1 Å². The number of para-hydroxylation sites is 3. The van der Waals surface area contributed by atoms with Gasteiger partial charge in [0.05, 0.1) is 11.0 Å². The van der Waals surface area contributed by atoms with Crippen LogP contribution in [0.4, 0.5) is 17.1 Å². The average Bonchev–Trinajstić information content (AvgIpc) is 3.91. The predicted molar refractivity (Wildman–Crippen MR) is 278 cm³/mol. The Bertz CT molecular complexity index is 3610. The summed E-state index contributed by atoms with van der Waals surface area (Å²) in [5, 5.41) is 7.36. The van der Waals surface area contributed by atoms with Gasteiger partial charge in [0.25, 0.3) is 0 Å². The standard InChI is InChI=1S/C63H52N2O/c1-41-34-43-35-42(2)39-63(38-41,40-43)48-14-10-16-52(37-48)64(50-31-26-46(27-32-50)54-20-11-21-58-56-19-6-8-23-60(56)66-62(54)58)49-29-24-44(25-30-49)47-13-9-15-51(36-47)65-59-22-7-5-18-55(59)57-33-28-45-12-3-4-17-53(45)61(57)65/h3-33,36-37,41-43H,34-35,38-40H2,1-2H3/t41-,42-,43?,63?/m0/s1. The van der Waals surface area contributed by atoms with Crippen LogP contribution in [0.5, 0.6) is 0 Å². The summed E-state index contributed by atoms with van der Waals surface area (Å²) >= 11 is 0. The summed E-state index contributed by atoms with van der Waals surface area (Å²) in [4.78, 5) is 2.46. The van der Waals surface area contributed by atoms with Crippen molar-refractivity contribution in [1.82, 2.24) is 4.57 Å². The van der Waals surface area contributed by atoms with Gasteiger partial charge in [0.2, 0.25) is 0 Å². The van der Waals surface area contributed by atoms with E-state index in [0.717, 1.165) is 67.9 Å². The maximum Gasteiger partial charge on any atom is 0.143 e. The number of furan rings is 1. The summed E-state index contributed by atoms with van der Waals surface area (Å²) < 4.78 is 8.95. The fourth-order valence-corrected chi connectivity index (χ4v) is 12.9. The minimum Gasteiger partial charge on any atom is -0.455 e. The molecule has 320 valence electrons. The van der Waals surface area contributed by atoms with Crippen molar-refractivity contribution in [1.29, 1.82) is 0 Å². The fourth-order valence-electron chi connectivity index (χ4n) is 12.9. The Hall–Kier alpha value is -7.36. The van der Waals surface area contributed by atoms with Gasteiger partial charge < -0.3 is 13.9 Å². The molecule has 11 aromatic rings. The number of rotatable bonds is 7. The Morgan fingerprint density at radius 3 is 1.95 bits per heavy atom. The van der Waals surface area contributed by atoms with E-state index >= 15 is 0 Å². The summed E-state index contributed by atoms with van der Waals surface area (Å²) in [6, 6.07) is 73.9. The topological polar surface area (TPSA) is 21.3 Å². The zero-order chi connectivity index (χ0) is 43.9. The molecule has 13 rings (SSSR count). The predicted octanol–water partition coefficient (Wildman–Crippen LogP) is 17.7. The van der Waals surface area contributed by atoms with Crippen molar-refractivity contribution >= 4 is 71.6 Å². The zero-order valence-electron chi connectivity index (χ0n) is 37.6. The Morgan fingerprint density at radius 1 is 0.485 bits per heavy atom. The molecule has 0 unspecified atom stereocenters. The van der Waals surface area contributed by atoms with Gasteiger partial charge in [-0.25, -0.2) is 0 Å². The number of hydrogen-bond acceptors (Lipinski definition) is 2. The molecule has 0 amide bonds. The van der Waals surface area contributed by atoms with Crippen LogP contribution < -0.4 is 4.90 Å². The molecule has 2 aromatic heterocycles. The second kappa shape index (κ2) is 15.4. The third-order valence-electron chi connectivity index (χ3n) is 15.3. The molecule has 0 spiro atoms. The molecule has 0 radical (unpaired) electrons. The highest BCUT2D eigenvalue weighted by atomic mass is 16.3. The lowest BCUT2D eigenvalue weighted by Crippen LogP contribution is -2.42. The van der Waals surface area contributed by atoms with Gasteiger partial charge in [-0.15, -0.1) is 0 Å². The minimum absolute atomic E-state index is 0.230. The maximum absolute atomic E-state index is 6.49. The smallest absolute Gasteiger partial charge is 0.143 e. The molecule has 3 heteroatoms. The van der Waals surface area contributed by atoms with Gasteiger partial charge in [0.15, 0.2) is 0 Å². The summed E-state index contributed by atoms with van der Waals surface area (Å²) in [7, 11) is 0. The van der Waals surface area contributed by atoms with Crippen LogP contribution in [0.25, 0.3) is 82.5 Å². The Labute approximate surface area is 386 Å². The molecule has 0 aliphatic heterocycles. The first-order valence-electron chi connectivity index (χ1n) is 24.0. The lowest BCUT2D eigenvalue weighted by molar-refractivity contribution is 0.0780. The Morgan fingerprint density at radius 2 is 1.15 bits per heavy atom. The molecule has 0 N–H and O–H groups in total. The van der Waals surface area contributed by atoms with Gasteiger partial charge in [0, 0.05) is 55.2 Å². The second-order valence-corrected chi connectivity index (χ2v) is 19.8. The van der Waals surface area contributed by atoms with E-state index in [4.69, 9.17) is 4.42 Å². The minimum atomic E-state index is 0.230. The molecular formula is C63H52N2O. The Kier molecular flexibility index (Phi) is 9.10. The SMILES string of the molecule is C[C@H]1CC2C[C@H](C)CC(c3cccc(N(c4ccc(-c5cccc(-n6c7ccccc7c7ccc8ccccc8c76)c5)cc4)c4ccc(-c5cccc6c5oc5ccccc56)cc4)c3)(C2)C1. The highest BCUT2D eigenvalue weighted by Gasteiger charge is 2.45. The molecule has 9 aromatic carbocycles. The lowest BCUT2D eigenvalue weighted by atomic mass is 9.54. The normalized spacial score (nSPS) is 19.6. The lowest BCUT2D eigenvalue weighted by Gasteiger charge is -2.50. The number of fused-ring (bicyclic) bond motifs is 10.